The van der Waals surface area contributed by atoms with Crippen LogP contribution in [0, 0.1) is 0 Å². The van der Waals surface area contributed by atoms with E-state index in [4.69, 9.17) is 0 Å². The Labute approximate surface area is 155 Å². The summed E-state index contributed by atoms with van der Waals surface area (Å²) in [6.45, 7) is -0.920. The van der Waals surface area contributed by atoms with Crippen LogP contribution in [-0.2, 0) is 11.2 Å². The van der Waals surface area contributed by atoms with Gasteiger partial charge < -0.3 is 5.32 Å². The number of carbonyl (C=O) groups is 2. The fourth-order valence-corrected chi connectivity index (χ4v) is 4.67. The minimum Gasteiger partial charge on any atom is -0.329 e. The second kappa shape index (κ2) is 7.77. The Morgan fingerprint density at radius 3 is 2.73 bits per heavy atom. The van der Waals surface area contributed by atoms with Crippen LogP contribution in [0.15, 0.2) is 29.0 Å². The Hall–Kier alpha value is -1.91. The second-order valence-electron chi connectivity index (χ2n) is 5.78. The molecule has 3 rings (SSSR count). The first-order chi connectivity index (χ1) is 12.3. The van der Waals surface area contributed by atoms with Gasteiger partial charge in [-0.15, -0.1) is 22.7 Å². The van der Waals surface area contributed by atoms with Gasteiger partial charge in [0, 0.05) is 16.3 Å². The zero-order chi connectivity index (χ0) is 18.7. The van der Waals surface area contributed by atoms with Gasteiger partial charge in [0.2, 0.25) is 5.91 Å². The summed E-state index contributed by atoms with van der Waals surface area (Å²) in [6.07, 6.45) is -3.73. The van der Waals surface area contributed by atoms with Crippen LogP contribution in [0.4, 0.5) is 18.0 Å². The average Bonchev–Trinajstić information content (AvgIpc) is 3.23. The van der Waals surface area contributed by atoms with E-state index in [9.17, 15) is 22.8 Å². The molecule has 0 unspecified atom stereocenters. The first kappa shape index (κ1) is 18.9. The van der Waals surface area contributed by atoms with Crippen LogP contribution in [0.3, 0.4) is 0 Å². The van der Waals surface area contributed by atoms with Gasteiger partial charge in [0.1, 0.15) is 6.54 Å². The van der Waals surface area contributed by atoms with Crippen LogP contribution in [-0.4, -0.2) is 42.6 Å². The molecule has 0 aliphatic carbocycles. The van der Waals surface area contributed by atoms with Crippen LogP contribution in [0.1, 0.15) is 21.4 Å². The van der Waals surface area contributed by atoms with Crippen molar-refractivity contribution in [1.29, 1.82) is 0 Å². The molecule has 140 valence electrons. The van der Waals surface area contributed by atoms with Crippen molar-refractivity contribution in [3.63, 3.8) is 0 Å². The van der Waals surface area contributed by atoms with Gasteiger partial charge in [-0.1, -0.05) is 6.07 Å². The first-order valence-electron chi connectivity index (χ1n) is 7.81. The molecule has 0 fully saturated rings. The van der Waals surface area contributed by atoms with Gasteiger partial charge >= 0.3 is 12.2 Å². The van der Waals surface area contributed by atoms with Crippen LogP contribution >= 0.6 is 22.7 Å². The molecule has 0 aromatic carbocycles. The van der Waals surface area contributed by atoms with E-state index in [0.29, 0.717) is 6.54 Å². The standard InChI is InChI=1S/C16H16F3N3O2S2/c17-16(18,19)9-20-15(24)21-13(23)8-22-5-3-11-10(4-7-26-11)14(22)12-2-1-6-25-12/h1-2,4,6-7,14H,3,5,8-9H2,(H2,20,21,23,24)/t14-/m1/s1. The average molecular weight is 403 g/mol. The summed E-state index contributed by atoms with van der Waals surface area (Å²) in [5.74, 6) is -0.634. The molecule has 10 heteroatoms. The molecule has 0 saturated heterocycles. The summed E-state index contributed by atoms with van der Waals surface area (Å²) in [6, 6.07) is 4.72. The molecule has 0 spiro atoms. The van der Waals surface area contributed by atoms with Crippen molar-refractivity contribution in [2.75, 3.05) is 19.6 Å². The van der Waals surface area contributed by atoms with Gasteiger partial charge in [0.25, 0.3) is 0 Å². The quantitative estimate of drug-likeness (QED) is 0.825. The van der Waals surface area contributed by atoms with E-state index >= 15 is 0 Å². The number of hydrogen-bond donors (Lipinski definition) is 2. The van der Waals surface area contributed by atoms with Crippen molar-refractivity contribution >= 4 is 34.6 Å². The minimum absolute atomic E-state index is 0.0721. The van der Waals surface area contributed by atoms with Crippen LogP contribution in [0.25, 0.3) is 0 Å². The number of urea groups is 1. The predicted octanol–water partition coefficient (Wildman–Crippen LogP) is 3.15. The Morgan fingerprint density at radius 1 is 1.23 bits per heavy atom. The highest BCUT2D eigenvalue weighted by Crippen LogP contribution is 2.39. The molecule has 0 saturated carbocycles. The number of hydrogen-bond acceptors (Lipinski definition) is 5. The molecule has 3 amide bonds. The van der Waals surface area contributed by atoms with Gasteiger partial charge in [-0.05, 0) is 34.9 Å². The van der Waals surface area contributed by atoms with E-state index in [2.05, 4.69) is 0 Å². The fourth-order valence-electron chi connectivity index (χ4n) is 2.89. The highest BCUT2D eigenvalue weighted by molar-refractivity contribution is 7.10. The van der Waals surface area contributed by atoms with E-state index in [1.807, 2.05) is 39.2 Å². The topological polar surface area (TPSA) is 61.4 Å². The number of amides is 3. The molecule has 2 aromatic heterocycles. The largest absolute Gasteiger partial charge is 0.405 e. The molecule has 2 N–H and O–H groups in total. The third kappa shape index (κ3) is 4.63. The lowest BCUT2D eigenvalue weighted by molar-refractivity contribution is -0.125. The Kier molecular flexibility index (Phi) is 5.64. The lowest BCUT2D eigenvalue weighted by atomic mass is 9.98. The van der Waals surface area contributed by atoms with Crippen LogP contribution in [0.2, 0.25) is 0 Å². The summed E-state index contributed by atoms with van der Waals surface area (Å²) in [7, 11) is 0. The zero-order valence-corrected chi connectivity index (χ0v) is 15.1. The number of halogens is 3. The Balaban J connectivity index is 1.65. The lowest BCUT2D eigenvalue weighted by Gasteiger charge is -2.34. The van der Waals surface area contributed by atoms with E-state index < -0.39 is 24.7 Å². The van der Waals surface area contributed by atoms with Gasteiger partial charge in [-0.2, -0.15) is 13.2 Å². The van der Waals surface area contributed by atoms with Crippen molar-refractivity contribution in [3.8, 4) is 0 Å². The van der Waals surface area contributed by atoms with E-state index in [1.54, 1.807) is 28.0 Å². The molecule has 1 aliphatic heterocycles. The molecule has 5 nitrogen and oxygen atoms in total. The van der Waals surface area contributed by atoms with Crippen molar-refractivity contribution < 1.29 is 22.8 Å². The molecule has 2 aromatic rings. The number of nitrogens with zero attached hydrogens (tertiary/aromatic N) is 1. The van der Waals surface area contributed by atoms with Gasteiger partial charge in [0.05, 0.1) is 12.6 Å². The first-order valence-corrected chi connectivity index (χ1v) is 9.57. The predicted molar refractivity (Wildman–Crippen MR) is 93.4 cm³/mol. The maximum absolute atomic E-state index is 12.1. The number of fused-ring (bicyclic) bond motifs is 1. The molecule has 3 heterocycles. The summed E-state index contributed by atoms with van der Waals surface area (Å²) in [5.41, 5.74) is 1.14. The van der Waals surface area contributed by atoms with Crippen molar-refractivity contribution in [2.45, 2.75) is 18.6 Å². The Bertz CT molecular complexity index is 774. The normalized spacial score (nSPS) is 17.6. The van der Waals surface area contributed by atoms with Crippen molar-refractivity contribution in [1.82, 2.24) is 15.5 Å². The maximum atomic E-state index is 12.1. The summed E-state index contributed by atoms with van der Waals surface area (Å²) in [4.78, 5) is 27.9. The van der Waals surface area contributed by atoms with Crippen LogP contribution in [0.5, 0.6) is 0 Å². The summed E-state index contributed by atoms with van der Waals surface area (Å²) < 4.78 is 36.3. The second-order valence-corrected chi connectivity index (χ2v) is 7.76. The highest BCUT2D eigenvalue weighted by atomic mass is 32.1. The number of thiophene rings is 2. The molecular formula is C16H16F3N3O2S2. The van der Waals surface area contributed by atoms with Gasteiger partial charge in [-0.25, -0.2) is 4.79 Å². The van der Waals surface area contributed by atoms with E-state index in [-0.39, 0.29) is 12.6 Å². The van der Waals surface area contributed by atoms with E-state index in [0.717, 1.165) is 16.9 Å². The molecular weight excluding hydrogens is 387 g/mol. The number of carbonyl (C=O) groups excluding carboxylic acids is 2. The highest BCUT2D eigenvalue weighted by Gasteiger charge is 2.32. The maximum Gasteiger partial charge on any atom is 0.405 e. The van der Waals surface area contributed by atoms with Crippen molar-refractivity contribution in [2.24, 2.45) is 0 Å². The minimum atomic E-state index is -4.52. The Morgan fingerprint density at radius 2 is 2.04 bits per heavy atom. The number of imide groups is 1. The monoisotopic (exact) mass is 403 g/mol. The number of rotatable bonds is 4. The van der Waals surface area contributed by atoms with Crippen molar-refractivity contribution in [3.05, 3.63) is 44.3 Å². The number of nitrogens with one attached hydrogen (secondary N) is 2. The third-order valence-electron chi connectivity index (χ3n) is 3.93. The fraction of sp³-hybridized carbons (Fsp3) is 0.375. The molecule has 1 atom stereocenters. The van der Waals surface area contributed by atoms with Gasteiger partial charge in [0.15, 0.2) is 0 Å². The van der Waals surface area contributed by atoms with Crippen LogP contribution < -0.4 is 10.6 Å². The molecule has 1 aliphatic rings. The third-order valence-corrected chi connectivity index (χ3v) is 5.85. The summed E-state index contributed by atoms with van der Waals surface area (Å²) >= 11 is 3.25. The van der Waals surface area contributed by atoms with Gasteiger partial charge in [-0.3, -0.25) is 15.0 Å². The molecule has 0 radical (unpaired) electrons. The molecule has 0 bridgehead atoms. The zero-order valence-electron chi connectivity index (χ0n) is 13.5. The SMILES string of the molecule is O=C(CN1CCc2sccc2[C@@H]1c1cccs1)NC(=O)NCC(F)(F)F. The lowest BCUT2D eigenvalue weighted by Crippen LogP contribution is -2.48. The number of alkyl halides is 3. The smallest absolute Gasteiger partial charge is 0.329 e. The summed E-state index contributed by atoms with van der Waals surface area (Å²) in [5, 5.41) is 7.56. The molecule has 26 heavy (non-hydrogen) atoms. The van der Waals surface area contributed by atoms with E-state index in [1.165, 1.54) is 4.88 Å².